The Bertz CT molecular complexity index is 1750. The molecule has 1 fully saturated rings. The fraction of sp³-hybridized carbons (Fsp3) is 0.429. The Hall–Kier alpha value is -3.93. The minimum absolute atomic E-state index is 0.279. The molecule has 0 atom stereocenters. The molecule has 12 heteroatoms. The van der Waals surface area contributed by atoms with E-state index in [2.05, 4.69) is 15.3 Å². The quantitative estimate of drug-likeness (QED) is 0.208. The van der Waals surface area contributed by atoms with Gasteiger partial charge in [0.1, 0.15) is 11.2 Å². The van der Waals surface area contributed by atoms with Crippen LogP contribution in [0.15, 0.2) is 54.6 Å². The van der Waals surface area contributed by atoms with Crippen LogP contribution in [0.25, 0.3) is 21.3 Å². The number of fused-ring (bicyclic) bond motifs is 1. The molecule has 3 heterocycles. The summed E-state index contributed by atoms with van der Waals surface area (Å²) in [5, 5.41) is 8.77. The van der Waals surface area contributed by atoms with E-state index in [1.54, 1.807) is 45.0 Å². The Morgan fingerprint density at radius 1 is 0.915 bits per heavy atom. The highest BCUT2D eigenvalue weighted by molar-refractivity contribution is 7.17. The Morgan fingerprint density at radius 3 is 2.26 bits per heavy atom. The van der Waals surface area contributed by atoms with Crippen molar-refractivity contribution in [2.45, 2.75) is 72.0 Å². The highest BCUT2D eigenvalue weighted by Gasteiger charge is 2.30. The van der Waals surface area contributed by atoms with Crippen LogP contribution in [0.2, 0.25) is 5.02 Å². The van der Waals surface area contributed by atoms with Crippen LogP contribution in [0, 0.1) is 0 Å². The molecule has 2 aromatic carbocycles. The van der Waals surface area contributed by atoms with Crippen LogP contribution in [-0.4, -0.2) is 70.2 Å². The number of hydrogen-bond acceptors (Lipinski definition) is 8. The number of aromatic nitrogens is 2. The van der Waals surface area contributed by atoms with Crippen molar-refractivity contribution in [2.75, 3.05) is 36.4 Å². The first-order valence-electron chi connectivity index (χ1n) is 15.8. The second-order valence-corrected chi connectivity index (χ2v) is 15.1. The number of benzene rings is 2. The number of nitrogens with zero attached hydrogens (tertiary/aromatic N) is 4. The molecule has 1 saturated heterocycles. The first-order valence-corrected chi connectivity index (χ1v) is 17.0. The molecule has 0 unspecified atom stereocenters. The molecule has 47 heavy (non-hydrogen) atoms. The van der Waals surface area contributed by atoms with Gasteiger partial charge in [-0.3, -0.25) is 9.69 Å². The van der Waals surface area contributed by atoms with Gasteiger partial charge in [0.2, 0.25) is 0 Å². The van der Waals surface area contributed by atoms with Crippen molar-refractivity contribution in [3.05, 3.63) is 64.5 Å². The Morgan fingerprint density at radius 2 is 1.60 bits per heavy atom. The molecule has 2 aromatic heterocycles. The first-order chi connectivity index (χ1) is 22.2. The van der Waals surface area contributed by atoms with Gasteiger partial charge in [0, 0.05) is 34.1 Å². The maximum Gasteiger partial charge on any atom is 0.435 e. The molecule has 1 aliphatic rings. The average Bonchev–Trinajstić information content (AvgIpc) is 3.63. The van der Waals surface area contributed by atoms with Crippen LogP contribution >= 0.6 is 22.9 Å². The monoisotopic (exact) mass is 679 g/mol. The number of amides is 2. The van der Waals surface area contributed by atoms with Gasteiger partial charge in [-0.15, -0.1) is 16.4 Å². The lowest BCUT2D eigenvalue weighted by Crippen LogP contribution is -2.43. The second kappa shape index (κ2) is 14.0. The van der Waals surface area contributed by atoms with E-state index in [1.807, 2.05) is 51.1 Å². The third-order valence-electron chi connectivity index (χ3n) is 7.40. The fourth-order valence-electron chi connectivity index (χ4n) is 5.27. The third-order valence-corrected chi connectivity index (χ3v) is 8.79. The summed E-state index contributed by atoms with van der Waals surface area (Å²) in [6.07, 6.45) is 2.17. The lowest BCUT2D eigenvalue weighted by molar-refractivity contribution is 0.0514. The summed E-state index contributed by atoms with van der Waals surface area (Å²) < 4.78 is 12.6. The highest BCUT2D eigenvalue weighted by atomic mass is 35.5. The lowest BCUT2D eigenvalue weighted by Gasteiger charge is -2.30. The maximum atomic E-state index is 13.6. The van der Waals surface area contributed by atoms with Gasteiger partial charge in [-0.25, -0.2) is 9.59 Å². The third kappa shape index (κ3) is 8.91. The molecule has 0 radical (unpaired) electrons. The van der Waals surface area contributed by atoms with Gasteiger partial charge >= 0.3 is 12.2 Å². The van der Waals surface area contributed by atoms with Crippen LogP contribution in [-0.2, 0) is 9.47 Å². The number of anilines is 2. The number of halogens is 1. The van der Waals surface area contributed by atoms with E-state index >= 15 is 0 Å². The van der Waals surface area contributed by atoms with Gasteiger partial charge in [-0.2, -0.15) is 4.68 Å². The molecule has 4 aromatic rings. The van der Waals surface area contributed by atoms with E-state index in [0.717, 1.165) is 41.1 Å². The summed E-state index contributed by atoms with van der Waals surface area (Å²) in [5.41, 5.74) is 0.269. The molecule has 0 bridgehead atoms. The molecule has 0 aliphatic carbocycles. The van der Waals surface area contributed by atoms with Crippen molar-refractivity contribution in [3.8, 4) is 10.4 Å². The summed E-state index contributed by atoms with van der Waals surface area (Å²) in [6.45, 7) is 13.6. The van der Waals surface area contributed by atoms with Crippen LogP contribution in [0.4, 0.5) is 21.1 Å². The molecule has 0 spiro atoms. The molecule has 5 rings (SSSR count). The van der Waals surface area contributed by atoms with Gasteiger partial charge in [-0.1, -0.05) is 30.2 Å². The number of carbonyl (C=O) groups is 3. The zero-order valence-electron chi connectivity index (χ0n) is 27.8. The normalized spacial score (nSPS) is 14.2. The Labute approximate surface area is 284 Å². The fourth-order valence-corrected chi connectivity index (χ4v) is 6.30. The molecule has 250 valence electrons. The predicted molar refractivity (Wildman–Crippen MR) is 188 cm³/mol. The molecule has 10 nitrogen and oxygen atoms in total. The zero-order chi connectivity index (χ0) is 33.9. The number of likely N-dealkylation sites (tertiary alicyclic amines) is 1. The predicted octanol–water partition coefficient (Wildman–Crippen LogP) is 8.68. The van der Waals surface area contributed by atoms with Gasteiger partial charge in [0.15, 0.2) is 5.82 Å². The van der Waals surface area contributed by atoms with Gasteiger partial charge < -0.3 is 19.7 Å². The topological polar surface area (TPSA) is 106 Å². The Kier molecular flexibility index (Phi) is 10.3. The van der Waals surface area contributed by atoms with E-state index in [9.17, 15) is 14.4 Å². The zero-order valence-corrected chi connectivity index (χ0v) is 29.3. The van der Waals surface area contributed by atoms with E-state index in [4.69, 9.17) is 21.1 Å². The molecule has 0 saturated carbocycles. The molecular formula is C35H42ClN5O5S. The molecule has 1 N–H and O–H groups in total. The van der Waals surface area contributed by atoms with Crippen molar-refractivity contribution in [3.63, 3.8) is 0 Å². The van der Waals surface area contributed by atoms with Gasteiger partial charge in [-0.05, 0) is 116 Å². The van der Waals surface area contributed by atoms with Crippen LogP contribution in [0.1, 0.15) is 70.5 Å². The number of ether oxygens (including phenoxy) is 2. The van der Waals surface area contributed by atoms with Crippen molar-refractivity contribution in [1.82, 2.24) is 14.7 Å². The molecular weight excluding hydrogens is 638 g/mol. The summed E-state index contributed by atoms with van der Waals surface area (Å²) in [7, 11) is 0. The van der Waals surface area contributed by atoms with E-state index < -0.39 is 23.4 Å². The summed E-state index contributed by atoms with van der Waals surface area (Å²) in [4.78, 5) is 45.7. The van der Waals surface area contributed by atoms with Crippen molar-refractivity contribution in [2.24, 2.45) is 0 Å². The maximum absolute atomic E-state index is 13.6. The first kappa shape index (κ1) is 34.4. The minimum Gasteiger partial charge on any atom is -0.443 e. The van der Waals surface area contributed by atoms with Crippen molar-refractivity contribution >= 4 is 63.4 Å². The van der Waals surface area contributed by atoms with Crippen LogP contribution < -0.4 is 10.2 Å². The summed E-state index contributed by atoms with van der Waals surface area (Å²) in [6, 6.07) is 16.3. The number of nitrogens with one attached hydrogen (secondary N) is 1. The highest BCUT2D eigenvalue weighted by Crippen LogP contribution is 2.33. The minimum atomic E-state index is -0.790. The second-order valence-electron chi connectivity index (χ2n) is 13.6. The number of carbonyl (C=O) groups excluding carboxylic acids is 3. The SMILES string of the molecule is CC(C)(C)OC(=O)N(CCN1CCCCC1)c1nn(C(=O)OC(C)(C)C)c2cc(NC(=O)c3ccc(-c4ccc(Cl)cc4)s3)ccc12. The summed E-state index contributed by atoms with van der Waals surface area (Å²) in [5.74, 6) is -0.0177. The smallest absolute Gasteiger partial charge is 0.435 e. The van der Waals surface area contributed by atoms with Gasteiger partial charge in [0.25, 0.3) is 5.91 Å². The van der Waals surface area contributed by atoms with E-state index in [1.165, 1.54) is 22.7 Å². The van der Waals surface area contributed by atoms with Gasteiger partial charge in [0.05, 0.1) is 10.4 Å². The van der Waals surface area contributed by atoms with Crippen molar-refractivity contribution in [1.29, 1.82) is 0 Å². The number of rotatable bonds is 7. The summed E-state index contributed by atoms with van der Waals surface area (Å²) >= 11 is 7.39. The van der Waals surface area contributed by atoms with E-state index in [-0.39, 0.29) is 11.7 Å². The van der Waals surface area contributed by atoms with Crippen LogP contribution in [0.3, 0.4) is 0 Å². The Balaban J connectivity index is 1.48. The van der Waals surface area contributed by atoms with Crippen LogP contribution in [0.5, 0.6) is 0 Å². The standard InChI is InChI=1S/C35H42ClN5O5S/c1-34(2,3)45-32(43)40(21-20-39-18-8-7-9-19-39)30-26-15-14-25(22-27(26)41(38-30)33(44)46-35(4,5)6)37-31(42)29-17-16-28(47-29)23-10-12-24(36)13-11-23/h10-17,22H,7-9,18-21H2,1-6H3,(H,37,42). The van der Waals surface area contributed by atoms with E-state index in [0.29, 0.717) is 39.6 Å². The molecule has 1 aliphatic heterocycles. The number of piperidine rings is 1. The number of hydrogen-bond donors (Lipinski definition) is 1. The largest absolute Gasteiger partial charge is 0.443 e. The van der Waals surface area contributed by atoms with Crippen molar-refractivity contribution < 1.29 is 23.9 Å². The number of thiophene rings is 1. The molecule has 2 amide bonds. The lowest BCUT2D eigenvalue weighted by atomic mass is 10.1. The average molecular weight is 680 g/mol.